The van der Waals surface area contributed by atoms with E-state index < -0.39 is 0 Å². The first kappa shape index (κ1) is 11.8. The summed E-state index contributed by atoms with van der Waals surface area (Å²) >= 11 is 12.0. The summed E-state index contributed by atoms with van der Waals surface area (Å²) in [6.07, 6.45) is 2.43. The van der Waals surface area contributed by atoms with Gasteiger partial charge in [-0.3, -0.25) is 0 Å². The third-order valence-electron chi connectivity index (χ3n) is 4.48. The van der Waals surface area contributed by atoms with Crippen LogP contribution >= 0.6 is 23.2 Å². The predicted molar refractivity (Wildman–Crippen MR) is 71.1 cm³/mol. The van der Waals surface area contributed by atoms with Crippen molar-refractivity contribution in [2.75, 3.05) is 25.6 Å². The fourth-order valence-electron chi connectivity index (χ4n) is 3.10. The summed E-state index contributed by atoms with van der Waals surface area (Å²) < 4.78 is 0.886. The van der Waals surface area contributed by atoms with Crippen molar-refractivity contribution in [3.63, 3.8) is 0 Å². The lowest BCUT2D eigenvalue weighted by atomic mass is 9.71. The van der Waals surface area contributed by atoms with E-state index in [0.717, 1.165) is 29.2 Å². The molecular weight excluding hydrogens is 255 g/mol. The van der Waals surface area contributed by atoms with Gasteiger partial charge in [0.25, 0.3) is 0 Å². The highest BCUT2D eigenvalue weighted by Crippen LogP contribution is 2.41. The maximum Gasteiger partial charge on any atom is 0.172 e. The van der Waals surface area contributed by atoms with E-state index in [1.165, 1.54) is 18.4 Å². The van der Waals surface area contributed by atoms with Crippen molar-refractivity contribution in [1.29, 1.82) is 0 Å². The van der Waals surface area contributed by atoms with Crippen molar-refractivity contribution in [3.05, 3.63) is 34.9 Å². The zero-order valence-corrected chi connectivity index (χ0v) is 11.3. The number of nitrogens with one attached hydrogen (secondary N) is 1. The summed E-state index contributed by atoms with van der Waals surface area (Å²) in [5.74, 6) is 0. The summed E-state index contributed by atoms with van der Waals surface area (Å²) in [5, 5.41) is 0.815. The first-order valence-electron chi connectivity index (χ1n) is 6.11. The molecule has 1 aromatic rings. The van der Waals surface area contributed by atoms with Gasteiger partial charge >= 0.3 is 0 Å². The summed E-state index contributed by atoms with van der Waals surface area (Å²) in [5.41, 5.74) is 5.33. The number of hydrogen-bond acceptors (Lipinski definition) is 1. The zero-order chi connectivity index (χ0) is 11.9. The highest BCUT2D eigenvalue weighted by Gasteiger charge is 2.49. The lowest BCUT2D eigenvalue weighted by Crippen LogP contribution is -2.71. The molecule has 0 atom stereocenters. The third-order valence-corrected chi connectivity index (χ3v) is 5.18. The number of rotatable bonds is 2. The molecule has 2 nitrogen and oxygen atoms in total. The highest BCUT2D eigenvalue weighted by molar-refractivity contribution is 6.30. The standard InChI is InChI=1S/C13H17Cl2N2/c14-10-17-7-5-13(6-8-17,9-16-17)11-1-3-12(15)4-2-11/h1-4,16H,5-10H2/q+1. The Morgan fingerprint density at radius 3 is 2.29 bits per heavy atom. The van der Waals surface area contributed by atoms with Gasteiger partial charge in [0, 0.05) is 23.3 Å². The third kappa shape index (κ3) is 1.88. The minimum atomic E-state index is 0.302. The Morgan fingerprint density at radius 2 is 1.82 bits per heavy atom. The topological polar surface area (TPSA) is 12.0 Å². The van der Waals surface area contributed by atoms with Gasteiger partial charge in [-0.25, -0.2) is 4.59 Å². The van der Waals surface area contributed by atoms with Crippen LogP contribution in [0.15, 0.2) is 24.3 Å². The molecule has 4 rings (SSSR count). The Balaban J connectivity index is 1.88. The Hall–Kier alpha value is -0.280. The molecule has 0 saturated carbocycles. The van der Waals surface area contributed by atoms with Crippen molar-refractivity contribution in [2.45, 2.75) is 18.3 Å². The maximum atomic E-state index is 6.07. The van der Waals surface area contributed by atoms with E-state index in [2.05, 4.69) is 17.6 Å². The normalized spacial score (nSPS) is 36.1. The first-order valence-corrected chi connectivity index (χ1v) is 7.03. The van der Waals surface area contributed by atoms with Crippen LogP contribution in [0.25, 0.3) is 0 Å². The number of hydrogen-bond donors (Lipinski definition) is 1. The molecule has 0 aliphatic carbocycles. The van der Waals surface area contributed by atoms with Gasteiger partial charge in [0.15, 0.2) is 6.00 Å². The molecule has 3 heterocycles. The fourth-order valence-corrected chi connectivity index (χ4v) is 3.55. The first-order chi connectivity index (χ1) is 8.18. The van der Waals surface area contributed by atoms with E-state index >= 15 is 0 Å². The Kier molecular flexibility index (Phi) is 2.86. The molecule has 0 amide bonds. The maximum absolute atomic E-state index is 6.07. The number of quaternary nitrogens is 1. The van der Waals surface area contributed by atoms with Crippen LogP contribution in [0.5, 0.6) is 0 Å². The molecule has 3 aliphatic rings. The van der Waals surface area contributed by atoms with Gasteiger partial charge in [-0.15, -0.1) is 0 Å². The van der Waals surface area contributed by atoms with Gasteiger partial charge in [0.1, 0.15) is 0 Å². The molecule has 92 valence electrons. The monoisotopic (exact) mass is 271 g/mol. The van der Waals surface area contributed by atoms with E-state index in [4.69, 9.17) is 23.2 Å². The lowest BCUT2D eigenvalue weighted by molar-refractivity contribution is -0.975. The number of alkyl halides is 1. The van der Waals surface area contributed by atoms with Crippen LogP contribution in [0.3, 0.4) is 0 Å². The molecule has 0 spiro atoms. The molecule has 0 radical (unpaired) electrons. The Labute approximate surface area is 112 Å². The Bertz CT molecular complexity index is 391. The van der Waals surface area contributed by atoms with Crippen LogP contribution in [-0.2, 0) is 5.41 Å². The smallest absolute Gasteiger partial charge is 0.172 e. The molecule has 3 saturated heterocycles. The van der Waals surface area contributed by atoms with Crippen LogP contribution in [0, 0.1) is 0 Å². The number of nitrogens with zero attached hydrogens (tertiary/aromatic N) is 1. The Morgan fingerprint density at radius 1 is 1.18 bits per heavy atom. The van der Waals surface area contributed by atoms with E-state index in [9.17, 15) is 0 Å². The van der Waals surface area contributed by atoms with Gasteiger partial charge in [0.05, 0.1) is 19.6 Å². The van der Waals surface area contributed by atoms with Crippen LogP contribution in [0.4, 0.5) is 0 Å². The molecule has 4 heteroatoms. The van der Waals surface area contributed by atoms with Crippen LogP contribution in [0.2, 0.25) is 5.02 Å². The number of benzene rings is 1. The van der Waals surface area contributed by atoms with Crippen molar-refractivity contribution < 1.29 is 4.59 Å². The molecular formula is C13H17Cl2N2+. The van der Waals surface area contributed by atoms with Gasteiger partial charge in [0.2, 0.25) is 0 Å². The lowest BCUT2D eigenvalue weighted by Gasteiger charge is -2.53. The molecule has 2 bridgehead atoms. The molecule has 3 aliphatic heterocycles. The minimum absolute atomic E-state index is 0.302. The quantitative estimate of drug-likeness (QED) is 0.496. The van der Waals surface area contributed by atoms with E-state index in [0.29, 0.717) is 11.4 Å². The van der Waals surface area contributed by atoms with Gasteiger partial charge in [-0.2, -0.15) is 5.43 Å². The molecule has 1 aromatic carbocycles. The fraction of sp³-hybridized carbons (Fsp3) is 0.538. The summed E-state index contributed by atoms with van der Waals surface area (Å²) in [4.78, 5) is 0. The summed E-state index contributed by atoms with van der Waals surface area (Å²) in [6, 6.07) is 9.03. The van der Waals surface area contributed by atoms with Crippen molar-refractivity contribution in [1.82, 2.24) is 5.43 Å². The number of piperidine rings is 1. The second-order valence-electron chi connectivity index (χ2n) is 5.33. The minimum Gasteiger partial charge on any atom is -0.233 e. The van der Waals surface area contributed by atoms with Crippen molar-refractivity contribution in [3.8, 4) is 0 Å². The van der Waals surface area contributed by atoms with E-state index in [1.54, 1.807) is 0 Å². The molecule has 0 aromatic heterocycles. The predicted octanol–water partition coefficient (Wildman–Crippen LogP) is 2.90. The average Bonchev–Trinajstić information content (AvgIpc) is 2.41. The molecule has 1 N–H and O–H groups in total. The van der Waals surface area contributed by atoms with Crippen LogP contribution in [-0.4, -0.2) is 30.2 Å². The van der Waals surface area contributed by atoms with Gasteiger partial charge in [-0.05, 0) is 17.7 Å². The van der Waals surface area contributed by atoms with Crippen LogP contribution in [0.1, 0.15) is 18.4 Å². The van der Waals surface area contributed by atoms with Crippen molar-refractivity contribution in [2.24, 2.45) is 0 Å². The molecule has 0 unspecified atom stereocenters. The second kappa shape index (κ2) is 4.13. The van der Waals surface area contributed by atoms with Crippen LogP contribution < -0.4 is 5.43 Å². The average molecular weight is 272 g/mol. The highest BCUT2D eigenvalue weighted by atomic mass is 35.5. The van der Waals surface area contributed by atoms with E-state index in [1.807, 2.05) is 12.1 Å². The second-order valence-corrected chi connectivity index (χ2v) is 6.01. The molecule has 17 heavy (non-hydrogen) atoms. The SMILES string of the molecule is ClC[N+]12CCC(c3ccc(Cl)cc3)(CC1)CN2. The van der Waals surface area contributed by atoms with Gasteiger partial charge in [-0.1, -0.05) is 35.3 Å². The summed E-state index contributed by atoms with van der Waals surface area (Å²) in [6.45, 7) is 3.29. The van der Waals surface area contributed by atoms with Crippen molar-refractivity contribution >= 4 is 23.2 Å². The van der Waals surface area contributed by atoms with Gasteiger partial charge < -0.3 is 0 Å². The number of fused-ring (bicyclic) bond motifs is 3. The molecule has 3 fully saturated rings. The van der Waals surface area contributed by atoms with E-state index in [-0.39, 0.29) is 0 Å². The number of halogens is 2. The summed E-state index contributed by atoms with van der Waals surface area (Å²) in [7, 11) is 0. The largest absolute Gasteiger partial charge is 0.233 e. The zero-order valence-electron chi connectivity index (χ0n) is 9.76.